The van der Waals surface area contributed by atoms with Crippen molar-refractivity contribution in [3.8, 4) is 0 Å². The first-order chi connectivity index (χ1) is 9.28. The van der Waals surface area contributed by atoms with E-state index < -0.39 is 0 Å². The zero-order valence-electron chi connectivity index (χ0n) is 10.7. The van der Waals surface area contributed by atoms with Gasteiger partial charge < -0.3 is 4.57 Å². The third kappa shape index (κ3) is 2.34. The number of pyridine rings is 1. The number of alkyl halides is 1. The van der Waals surface area contributed by atoms with E-state index in [-0.39, 0.29) is 0 Å². The van der Waals surface area contributed by atoms with E-state index in [0.717, 1.165) is 23.4 Å². The summed E-state index contributed by atoms with van der Waals surface area (Å²) in [4.78, 5) is 8.63. The third-order valence-corrected chi connectivity index (χ3v) is 3.43. The van der Waals surface area contributed by atoms with Crippen LogP contribution in [0.5, 0.6) is 0 Å². The second-order valence-corrected chi connectivity index (χ2v) is 4.86. The van der Waals surface area contributed by atoms with E-state index in [4.69, 9.17) is 11.6 Å². The molecular weight excluding hydrogens is 258 g/mol. The van der Waals surface area contributed by atoms with Crippen molar-refractivity contribution in [1.29, 1.82) is 0 Å². The molecule has 0 saturated carbocycles. The van der Waals surface area contributed by atoms with Crippen molar-refractivity contribution >= 4 is 22.6 Å². The summed E-state index contributed by atoms with van der Waals surface area (Å²) in [6.45, 7) is 2.86. The summed E-state index contributed by atoms with van der Waals surface area (Å²) in [5, 5.41) is 0. The molecule has 0 aliphatic carbocycles. The van der Waals surface area contributed by atoms with Gasteiger partial charge in [-0.3, -0.25) is 4.98 Å². The molecule has 2 aromatic heterocycles. The number of rotatable bonds is 3. The predicted molar refractivity (Wildman–Crippen MR) is 77.4 cm³/mol. The van der Waals surface area contributed by atoms with Gasteiger partial charge in [0.1, 0.15) is 5.82 Å². The Morgan fingerprint density at radius 2 is 1.95 bits per heavy atom. The first-order valence-corrected chi connectivity index (χ1v) is 6.72. The number of imidazole rings is 1. The Bertz CT molecular complexity index is 704. The number of benzene rings is 1. The predicted octanol–water partition coefficient (Wildman–Crippen LogP) is 3.53. The highest BCUT2D eigenvalue weighted by Crippen LogP contribution is 2.20. The first kappa shape index (κ1) is 12.2. The topological polar surface area (TPSA) is 30.7 Å². The smallest absolute Gasteiger partial charge is 0.125 e. The highest BCUT2D eigenvalue weighted by atomic mass is 35.5. The summed E-state index contributed by atoms with van der Waals surface area (Å²) < 4.78 is 2.17. The Balaban J connectivity index is 2.12. The van der Waals surface area contributed by atoms with E-state index in [9.17, 15) is 0 Å². The van der Waals surface area contributed by atoms with Crippen LogP contribution in [0.1, 0.15) is 17.0 Å². The quantitative estimate of drug-likeness (QED) is 0.683. The fraction of sp³-hybridized carbons (Fsp3) is 0.200. The molecule has 0 atom stereocenters. The lowest BCUT2D eigenvalue weighted by molar-refractivity contribution is 0.777. The zero-order valence-corrected chi connectivity index (χ0v) is 11.4. The zero-order chi connectivity index (χ0) is 13.2. The molecule has 0 aliphatic rings. The number of hydrogen-bond acceptors (Lipinski definition) is 2. The van der Waals surface area contributed by atoms with Crippen LogP contribution in [0.15, 0.2) is 42.7 Å². The highest BCUT2D eigenvalue weighted by molar-refractivity contribution is 6.16. The van der Waals surface area contributed by atoms with Crippen LogP contribution >= 0.6 is 11.6 Å². The molecule has 0 saturated heterocycles. The number of nitrogens with zero attached hydrogens (tertiary/aromatic N) is 3. The van der Waals surface area contributed by atoms with Gasteiger partial charge in [0.25, 0.3) is 0 Å². The number of aromatic nitrogens is 3. The summed E-state index contributed by atoms with van der Waals surface area (Å²) in [7, 11) is 0. The minimum absolute atomic E-state index is 0.415. The van der Waals surface area contributed by atoms with Crippen molar-refractivity contribution < 1.29 is 0 Å². The molecule has 96 valence electrons. The Morgan fingerprint density at radius 1 is 1.16 bits per heavy atom. The van der Waals surface area contributed by atoms with Crippen LogP contribution in [0.25, 0.3) is 11.0 Å². The maximum Gasteiger partial charge on any atom is 0.125 e. The number of halogens is 1. The molecule has 0 aliphatic heterocycles. The van der Waals surface area contributed by atoms with Crippen LogP contribution < -0.4 is 0 Å². The lowest BCUT2D eigenvalue weighted by atomic mass is 10.2. The molecule has 0 radical (unpaired) electrons. The van der Waals surface area contributed by atoms with Gasteiger partial charge in [0.2, 0.25) is 0 Å². The maximum absolute atomic E-state index is 6.01. The van der Waals surface area contributed by atoms with Crippen LogP contribution in [0.4, 0.5) is 0 Å². The van der Waals surface area contributed by atoms with Crippen LogP contribution in [0.3, 0.4) is 0 Å². The van der Waals surface area contributed by atoms with Crippen molar-refractivity contribution in [3.63, 3.8) is 0 Å². The van der Waals surface area contributed by atoms with Crippen LogP contribution in [-0.2, 0) is 12.4 Å². The molecule has 19 heavy (non-hydrogen) atoms. The van der Waals surface area contributed by atoms with Gasteiger partial charge in [-0.2, -0.15) is 0 Å². The van der Waals surface area contributed by atoms with E-state index >= 15 is 0 Å². The molecule has 4 heteroatoms. The standard InChI is InChI=1S/C15H14ClN3/c1-11-2-3-13-14(8-11)19(15(9-16)18-13)10-12-4-6-17-7-5-12/h2-8H,9-10H2,1H3. The number of hydrogen-bond donors (Lipinski definition) is 0. The van der Waals surface area contributed by atoms with E-state index in [1.807, 2.05) is 18.2 Å². The van der Waals surface area contributed by atoms with E-state index in [1.165, 1.54) is 11.1 Å². The molecule has 0 fully saturated rings. The maximum atomic E-state index is 6.01. The molecule has 0 amide bonds. The van der Waals surface area contributed by atoms with Crippen LogP contribution in [0, 0.1) is 6.92 Å². The van der Waals surface area contributed by atoms with Gasteiger partial charge in [-0.25, -0.2) is 4.98 Å². The Labute approximate surface area is 116 Å². The summed E-state index contributed by atoms with van der Waals surface area (Å²) in [5.41, 5.74) is 4.55. The number of aryl methyl sites for hydroxylation is 1. The van der Waals surface area contributed by atoms with Gasteiger partial charge >= 0.3 is 0 Å². The van der Waals surface area contributed by atoms with Gasteiger partial charge in [0.05, 0.1) is 16.9 Å². The van der Waals surface area contributed by atoms with E-state index in [1.54, 1.807) is 12.4 Å². The highest BCUT2D eigenvalue weighted by Gasteiger charge is 2.10. The van der Waals surface area contributed by atoms with Crippen molar-refractivity contribution in [3.05, 3.63) is 59.7 Å². The minimum Gasteiger partial charge on any atom is -0.322 e. The first-order valence-electron chi connectivity index (χ1n) is 6.18. The summed E-state index contributed by atoms with van der Waals surface area (Å²) in [5.74, 6) is 1.32. The van der Waals surface area contributed by atoms with Crippen LogP contribution in [0.2, 0.25) is 0 Å². The molecule has 0 N–H and O–H groups in total. The summed E-state index contributed by atoms with van der Waals surface area (Å²) in [6.07, 6.45) is 3.61. The number of fused-ring (bicyclic) bond motifs is 1. The van der Waals surface area contributed by atoms with Crippen LogP contribution in [-0.4, -0.2) is 14.5 Å². The van der Waals surface area contributed by atoms with Gasteiger partial charge in [0, 0.05) is 18.9 Å². The molecular formula is C15H14ClN3. The Kier molecular flexibility index (Phi) is 3.22. The Morgan fingerprint density at radius 3 is 2.68 bits per heavy atom. The molecule has 1 aromatic carbocycles. The van der Waals surface area contributed by atoms with Gasteiger partial charge in [0.15, 0.2) is 0 Å². The third-order valence-electron chi connectivity index (χ3n) is 3.19. The largest absolute Gasteiger partial charge is 0.322 e. The molecule has 3 rings (SSSR count). The van der Waals surface area contributed by atoms with Gasteiger partial charge in [-0.1, -0.05) is 6.07 Å². The SMILES string of the molecule is Cc1ccc2nc(CCl)n(Cc3ccncc3)c2c1. The summed E-state index contributed by atoms with van der Waals surface area (Å²) in [6, 6.07) is 10.3. The summed E-state index contributed by atoms with van der Waals surface area (Å²) >= 11 is 6.01. The molecule has 0 bridgehead atoms. The van der Waals surface area contributed by atoms with Crippen molar-refractivity contribution in [2.45, 2.75) is 19.3 Å². The average molecular weight is 272 g/mol. The van der Waals surface area contributed by atoms with Gasteiger partial charge in [-0.05, 0) is 42.3 Å². The van der Waals surface area contributed by atoms with E-state index in [2.05, 4.69) is 33.6 Å². The molecule has 0 spiro atoms. The van der Waals surface area contributed by atoms with Crippen molar-refractivity contribution in [2.75, 3.05) is 0 Å². The second-order valence-electron chi connectivity index (χ2n) is 4.60. The second kappa shape index (κ2) is 5.02. The lowest BCUT2D eigenvalue weighted by Crippen LogP contribution is -2.03. The average Bonchev–Trinajstić information content (AvgIpc) is 2.78. The molecule has 2 heterocycles. The molecule has 3 nitrogen and oxygen atoms in total. The fourth-order valence-corrected chi connectivity index (χ4v) is 2.44. The molecule has 0 unspecified atom stereocenters. The minimum atomic E-state index is 0.415. The normalized spacial score (nSPS) is 11.1. The van der Waals surface area contributed by atoms with Gasteiger partial charge in [-0.15, -0.1) is 11.6 Å². The van der Waals surface area contributed by atoms with Crippen molar-refractivity contribution in [1.82, 2.24) is 14.5 Å². The van der Waals surface area contributed by atoms with E-state index in [0.29, 0.717) is 5.88 Å². The lowest BCUT2D eigenvalue weighted by Gasteiger charge is -2.08. The monoisotopic (exact) mass is 271 g/mol. The molecule has 3 aromatic rings. The fourth-order valence-electron chi connectivity index (χ4n) is 2.23. The van der Waals surface area contributed by atoms with Crippen molar-refractivity contribution in [2.24, 2.45) is 0 Å². The Hall–Kier alpha value is -1.87.